The molecule has 4 nitrogen and oxygen atoms in total. The van der Waals surface area contributed by atoms with Crippen molar-refractivity contribution in [2.45, 2.75) is 6.42 Å². The van der Waals surface area contributed by atoms with Crippen LogP contribution < -0.4 is 4.90 Å². The number of anilines is 1. The minimum absolute atomic E-state index is 0.528. The van der Waals surface area contributed by atoms with E-state index in [-0.39, 0.29) is 0 Å². The Morgan fingerprint density at radius 3 is 2.65 bits per heavy atom. The quantitative estimate of drug-likeness (QED) is 0.838. The van der Waals surface area contributed by atoms with E-state index in [1.165, 1.54) is 4.90 Å². The first-order chi connectivity index (χ1) is 8.18. The highest BCUT2D eigenvalue weighted by atomic mass is 35.5. The van der Waals surface area contributed by atoms with Gasteiger partial charge in [-0.05, 0) is 18.6 Å². The van der Waals surface area contributed by atoms with E-state index in [0.29, 0.717) is 19.6 Å². The van der Waals surface area contributed by atoms with Gasteiger partial charge in [0.25, 0.3) is 0 Å². The zero-order chi connectivity index (χ0) is 12.3. The summed E-state index contributed by atoms with van der Waals surface area (Å²) in [5.74, 6) is 0. The van der Waals surface area contributed by atoms with Crippen molar-refractivity contribution >= 4 is 23.4 Å². The average Bonchev–Trinajstić information content (AvgIpc) is 2.55. The van der Waals surface area contributed by atoms with Gasteiger partial charge in [0.2, 0.25) is 0 Å². The Bertz CT molecular complexity index is 411. The van der Waals surface area contributed by atoms with Crippen LogP contribution in [0.1, 0.15) is 6.42 Å². The summed E-state index contributed by atoms with van der Waals surface area (Å²) in [6, 6.07) is 7.67. The molecule has 0 aliphatic carbocycles. The number of amides is 1. The molecule has 1 fully saturated rings. The van der Waals surface area contributed by atoms with Crippen molar-refractivity contribution in [3.63, 3.8) is 0 Å². The second-order valence-corrected chi connectivity index (χ2v) is 4.47. The number of carbonyl (C=O) groups is 1. The van der Waals surface area contributed by atoms with Crippen LogP contribution in [-0.2, 0) is 0 Å². The molecule has 17 heavy (non-hydrogen) atoms. The fourth-order valence-electron chi connectivity index (χ4n) is 2.06. The molecular formula is C12H15ClN2O2. The summed E-state index contributed by atoms with van der Waals surface area (Å²) in [7, 11) is 0. The maximum Gasteiger partial charge on any atom is 0.407 e. The number of hydrogen-bond acceptors (Lipinski definition) is 2. The number of carboxylic acid groups (broad SMARTS) is 1. The van der Waals surface area contributed by atoms with Gasteiger partial charge in [0.1, 0.15) is 0 Å². The molecule has 0 bridgehead atoms. The molecule has 5 heteroatoms. The summed E-state index contributed by atoms with van der Waals surface area (Å²) in [6.45, 7) is 2.65. The van der Waals surface area contributed by atoms with E-state index in [2.05, 4.69) is 4.90 Å². The zero-order valence-corrected chi connectivity index (χ0v) is 10.2. The monoisotopic (exact) mass is 254 g/mol. The minimum atomic E-state index is -0.842. The number of halogens is 1. The number of benzene rings is 1. The molecule has 1 aliphatic rings. The predicted molar refractivity (Wildman–Crippen MR) is 67.9 cm³/mol. The highest BCUT2D eigenvalue weighted by Gasteiger charge is 2.19. The number of rotatable bonds is 1. The summed E-state index contributed by atoms with van der Waals surface area (Å²) >= 11 is 6.14. The molecule has 0 unspecified atom stereocenters. The maximum absolute atomic E-state index is 10.9. The fourth-order valence-corrected chi connectivity index (χ4v) is 2.31. The van der Waals surface area contributed by atoms with Crippen LogP contribution in [0.2, 0.25) is 5.02 Å². The highest BCUT2D eigenvalue weighted by molar-refractivity contribution is 6.33. The lowest BCUT2D eigenvalue weighted by Crippen LogP contribution is -2.34. The molecule has 92 valence electrons. The van der Waals surface area contributed by atoms with Crippen LogP contribution in [0.4, 0.5) is 10.5 Å². The van der Waals surface area contributed by atoms with Gasteiger partial charge < -0.3 is 14.9 Å². The molecule has 1 amide bonds. The summed E-state index contributed by atoms with van der Waals surface area (Å²) in [5.41, 5.74) is 0.987. The van der Waals surface area contributed by atoms with Crippen LogP contribution in [0.5, 0.6) is 0 Å². The van der Waals surface area contributed by atoms with Gasteiger partial charge in [0.05, 0.1) is 10.7 Å². The first kappa shape index (κ1) is 12.0. The predicted octanol–water partition coefficient (Wildman–Crippen LogP) is 2.53. The van der Waals surface area contributed by atoms with Crippen LogP contribution >= 0.6 is 11.6 Å². The van der Waals surface area contributed by atoms with Crippen LogP contribution in [0.3, 0.4) is 0 Å². The Morgan fingerprint density at radius 1 is 1.18 bits per heavy atom. The Hall–Kier alpha value is -1.42. The Labute approximate surface area is 105 Å². The van der Waals surface area contributed by atoms with Crippen molar-refractivity contribution in [3.8, 4) is 0 Å². The molecule has 0 radical (unpaired) electrons. The van der Waals surface area contributed by atoms with E-state index in [1.807, 2.05) is 24.3 Å². The molecule has 1 N–H and O–H groups in total. The van der Waals surface area contributed by atoms with Crippen LogP contribution in [-0.4, -0.2) is 42.3 Å². The smallest absolute Gasteiger partial charge is 0.407 e. The molecule has 1 saturated heterocycles. The van der Waals surface area contributed by atoms with E-state index in [0.717, 1.165) is 23.7 Å². The van der Waals surface area contributed by atoms with Gasteiger partial charge in [-0.2, -0.15) is 0 Å². The lowest BCUT2D eigenvalue weighted by molar-refractivity contribution is 0.148. The number of nitrogens with zero attached hydrogens (tertiary/aromatic N) is 2. The highest BCUT2D eigenvalue weighted by Crippen LogP contribution is 2.25. The van der Waals surface area contributed by atoms with E-state index in [1.54, 1.807) is 0 Å². The van der Waals surface area contributed by atoms with Gasteiger partial charge in [-0.1, -0.05) is 23.7 Å². The van der Waals surface area contributed by atoms with Gasteiger partial charge >= 0.3 is 6.09 Å². The standard InChI is InChI=1S/C12H15ClN2O2/c13-10-4-1-2-5-11(10)14-6-3-7-15(9-8-14)12(16)17/h1-2,4-5H,3,6-9H2,(H,16,17). The summed E-state index contributed by atoms with van der Waals surface area (Å²) < 4.78 is 0. The van der Waals surface area contributed by atoms with Crippen LogP contribution in [0.25, 0.3) is 0 Å². The number of hydrogen-bond donors (Lipinski definition) is 1. The Morgan fingerprint density at radius 2 is 1.94 bits per heavy atom. The van der Waals surface area contributed by atoms with Crippen molar-refractivity contribution in [1.82, 2.24) is 4.90 Å². The third kappa shape index (κ3) is 2.82. The summed E-state index contributed by atoms with van der Waals surface area (Å²) in [6.07, 6.45) is -0.0108. The van der Waals surface area contributed by atoms with E-state index in [9.17, 15) is 4.79 Å². The van der Waals surface area contributed by atoms with E-state index in [4.69, 9.17) is 16.7 Å². The molecule has 1 aromatic carbocycles. The van der Waals surface area contributed by atoms with Gasteiger partial charge in [0.15, 0.2) is 0 Å². The third-order valence-electron chi connectivity index (χ3n) is 2.96. The number of para-hydroxylation sites is 1. The molecule has 2 rings (SSSR count). The maximum atomic E-state index is 10.9. The third-order valence-corrected chi connectivity index (χ3v) is 3.28. The second kappa shape index (κ2) is 5.27. The van der Waals surface area contributed by atoms with Gasteiger partial charge in [-0.15, -0.1) is 0 Å². The van der Waals surface area contributed by atoms with E-state index < -0.39 is 6.09 Å². The van der Waals surface area contributed by atoms with Crippen molar-refractivity contribution in [2.75, 3.05) is 31.1 Å². The van der Waals surface area contributed by atoms with Gasteiger partial charge in [0, 0.05) is 26.2 Å². The van der Waals surface area contributed by atoms with Crippen molar-refractivity contribution in [2.24, 2.45) is 0 Å². The van der Waals surface area contributed by atoms with Gasteiger partial charge in [-0.3, -0.25) is 0 Å². The molecular weight excluding hydrogens is 240 g/mol. The zero-order valence-electron chi connectivity index (χ0n) is 9.47. The normalized spacial score (nSPS) is 16.8. The molecule has 0 atom stereocenters. The molecule has 1 heterocycles. The average molecular weight is 255 g/mol. The molecule has 1 aliphatic heterocycles. The van der Waals surface area contributed by atoms with Gasteiger partial charge in [-0.25, -0.2) is 4.79 Å². The summed E-state index contributed by atoms with van der Waals surface area (Å²) in [5, 5.41) is 9.67. The molecule has 0 aromatic heterocycles. The SMILES string of the molecule is O=C(O)N1CCCN(c2ccccc2Cl)CC1. The first-order valence-corrected chi connectivity index (χ1v) is 6.03. The van der Waals surface area contributed by atoms with Crippen LogP contribution in [0.15, 0.2) is 24.3 Å². The molecule has 1 aromatic rings. The topological polar surface area (TPSA) is 43.8 Å². The second-order valence-electron chi connectivity index (χ2n) is 4.06. The van der Waals surface area contributed by atoms with Crippen molar-refractivity contribution < 1.29 is 9.90 Å². The Kier molecular flexibility index (Phi) is 3.74. The van der Waals surface area contributed by atoms with Crippen molar-refractivity contribution in [3.05, 3.63) is 29.3 Å². The first-order valence-electron chi connectivity index (χ1n) is 5.66. The fraction of sp³-hybridized carbons (Fsp3) is 0.417. The largest absolute Gasteiger partial charge is 0.465 e. The van der Waals surface area contributed by atoms with E-state index >= 15 is 0 Å². The molecule has 0 saturated carbocycles. The lowest BCUT2D eigenvalue weighted by atomic mass is 10.2. The Balaban J connectivity index is 2.09. The lowest BCUT2D eigenvalue weighted by Gasteiger charge is -2.23. The van der Waals surface area contributed by atoms with Crippen LogP contribution in [0, 0.1) is 0 Å². The minimum Gasteiger partial charge on any atom is -0.465 e. The molecule has 0 spiro atoms. The summed E-state index contributed by atoms with van der Waals surface area (Å²) in [4.78, 5) is 14.5. The van der Waals surface area contributed by atoms with Crippen molar-refractivity contribution in [1.29, 1.82) is 0 Å².